The number of aryl methyl sites for hydroxylation is 1. The fraction of sp³-hybridized carbons (Fsp3) is 0.400. The molecular formula is C25H26ClN3O2S. The number of aromatic nitrogens is 1. The number of fused-ring (bicyclic) bond motifs is 1. The largest absolute Gasteiger partial charge is 0.360 e. The highest BCUT2D eigenvalue weighted by Crippen LogP contribution is 2.45. The lowest BCUT2D eigenvalue weighted by Crippen LogP contribution is -2.28. The van der Waals surface area contributed by atoms with Gasteiger partial charge in [-0.1, -0.05) is 62.1 Å². The predicted molar refractivity (Wildman–Crippen MR) is 128 cm³/mol. The Balaban J connectivity index is 1.66. The van der Waals surface area contributed by atoms with Crippen LogP contribution in [0.1, 0.15) is 65.7 Å². The molecule has 0 saturated heterocycles. The molecule has 5 nitrogen and oxygen atoms in total. The summed E-state index contributed by atoms with van der Waals surface area (Å²) in [5.74, 6) is 0.627. The molecule has 4 rings (SSSR count). The van der Waals surface area contributed by atoms with E-state index in [-0.39, 0.29) is 11.3 Å². The molecule has 0 bridgehead atoms. The molecular weight excluding hydrogens is 442 g/mol. The summed E-state index contributed by atoms with van der Waals surface area (Å²) in [4.78, 5) is 14.5. The Hall–Kier alpha value is -2.62. The Morgan fingerprint density at radius 2 is 2.16 bits per heavy atom. The van der Waals surface area contributed by atoms with Crippen molar-refractivity contribution in [2.75, 3.05) is 5.32 Å². The molecule has 1 aromatic carbocycles. The van der Waals surface area contributed by atoms with Crippen LogP contribution in [-0.2, 0) is 12.8 Å². The van der Waals surface area contributed by atoms with Gasteiger partial charge >= 0.3 is 0 Å². The van der Waals surface area contributed by atoms with Gasteiger partial charge in [0.15, 0.2) is 0 Å². The van der Waals surface area contributed by atoms with Crippen LogP contribution in [0.25, 0.3) is 11.3 Å². The number of hydrogen-bond donors (Lipinski definition) is 1. The molecule has 2 heterocycles. The molecule has 2 aromatic heterocycles. The molecule has 3 aromatic rings. The molecule has 1 amide bonds. The maximum absolute atomic E-state index is 13.3. The minimum Gasteiger partial charge on any atom is -0.360 e. The molecule has 0 aliphatic heterocycles. The lowest BCUT2D eigenvalue weighted by Gasteiger charge is -2.36. The first-order valence-electron chi connectivity index (χ1n) is 10.8. The van der Waals surface area contributed by atoms with Crippen LogP contribution in [-0.4, -0.2) is 11.1 Å². The van der Waals surface area contributed by atoms with Crippen molar-refractivity contribution in [3.8, 4) is 17.3 Å². The lowest BCUT2D eigenvalue weighted by molar-refractivity contribution is 0.102. The van der Waals surface area contributed by atoms with E-state index in [9.17, 15) is 10.1 Å². The van der Waals surface area contributed by atoms with E-state index in [1.165, 1.54) is 16.2 Å². The Bertz CT molecular complexity index is 1220. The van der Waals surface area contributed by atoms with Gasteiger partial charge in [-0.05, 0) is 49.1 Å². The number of halogens is 1. The van der Waals surface area contributed by atoms with Crippen molar-refractivity contribution in [3.05, 3.63) is 56.6 Å². The van der Waals surface area contributed by atoms with Crippen molar-refractivity contribution in [2.24, 2.45) is 11.3 Å². The summed E-state index contributed by atoms with van der Waals surface area (Å²) in [7, 11) is 0. The van der Waals surface area contributed by atoms with E-state index in [0.717, 1.165) is 31.2 Å². The van der Waals surface area contributed by atoms with E-state index in [1.807, 2.05) is 12.1 Å². The van der Waals surface area contributed by atoms with Crippen molar-refractivity contribution >= 4 is 33.8 Å². The van der Waals surface area contributed by atoms with Gasteiger partial charge < -0.3 is 9.84 Å². The minimum atomic E-state index is -0.348. The molecule has 1 atom stereocenters. The lowest BCUT2D eigenvalue weighted by atomic mass is 9.69. The Morgan fingerprint density at radius 1 is 1.41 bits per heavy atom. The summed E-state index contributed by atoms with van der Waals surface area (Å²) in [6, 6.07) is 9.53. The van der Waals surface area contributed by atoms with Crippen molar-refractivity contribution in [1.29, 1.82) is 5.26 Å². The zero-order chi connectivity index (χ0) is 23.0. The number of hydrogen-bond acceptors (Lipinski definition) is 5. The third kappa shape index (κ3) is 3.96. The average Bonchev–Trinajstić information content (AvgIpc) is 3.32. The molecule has 7 heteroatoms. The van der Waals surface area contributed by atoms with E-state index in [1.54, 1.807) is 19.1 Å². The second-order valence-electron chi connectivity index (χ2n) is 9.00. The number of nitriles is 1. The molecule has 1 aliphatic carbocycles. The minimum absolute atomic E-state index is 0.251. The zero-order valence-electron chi connectivity index (χ0n) is 18.7. The molecule has 32 heavy (non-hydrogen) atoms. The zero-order valence-corrected chi connectivity index (χ0v) is 20.3. The van der Waals surface area contributed by atoms with Gasteiger partial charge in [0.1, 0.15) is 28.1 Å². The van der Waals surface area contributed by atoms with Crippen LogP contribution in [0.4, 0.5) is 5.00 Å². The Morgan fingerprint density at radius 3 is 2.84 bits per heavy atom. The van der Waals surface area contributed by atoms with Crippen molar-refractivity contribution in [3.63, 3.8) is 0 Å². The molecule has 0 saturated carbocycles. The first-order valence-corrected chi connectivity index (χ1v) is 12.0. The predicted octanol–water partition coefficient (Wildman–Crippen LogP) is 7.03. The van der Waals surface area contributed by atoms with Crippen LogP contribution in [0.5, 0.6) is 0 Å². The Kier molecular flexibility index (Phi) is 6.15. The molecule has 166 valence electrons. The second kappa shape index (κ2) is 8.73. The van der Waals surface area contributed by atoms with E-state index in [0.29, 0.717) is 44.1 Å². The Labute approximate surface area is 197 Å². The van der Waals surface area contributed by atoms with Gasteiger partial charge in [-0.3, -0.25) is 4.79 Å². The van der Waals surface area contributed by atoms with Gasteiger partial charge in [0.25, 0.3) is 5.91 Å². The number of nitrogens with one attached hydrogen (secondary N) is 1. The number of amides is 1. The summed E-state index contributed by atoms with van der Waals surface area (Å²) < 4.78 is 5.33. The summed E-state index contributed by atoms with van der Waals surface area (Å²) in [5.41, 5.74) is 3.28. The molecule has 0 fully saturated rings. The highest BCUT2D eigenvalue weighted by molar-refractivity contribution is 7.16. The van der Waals surface area contributed by atoms with Crippen LogP contribution in [0.3, 0.4) is 0 Å². The molecule has 0 radical (unpaired) electrons. The van der Waals surface area contributed by atoms with Gasteiger partial charge in [0.05, 0.1) is 10.6 Å². The maximum Gasteiger partial charge on any atom is 0.262 e. The van der Waals surface area contributed by atoms with Crippen molar-refractivity contribution < 1.29 is 9.32 Å². The van der Waals surface area contributed by atoms with Gasteiger partial charge in [-0.2, -0.15) is 5.26 Å². The van der Waals surface area contributed by atoms with Gasteiger partial charge in [-0.15, -0.1) is 11.3 Å². The fourth-order valence-corrected chi connectivity index (χ4v) is 5.89. The quantitative estimate of drug-likeness (QED) is 0.436. The fourth-order valence-electron chi connectivity index (χ4n) is 4.39. The summed E-state index contributed by atoms with van der Waals surface area (Å²) >= 11 is 7.85. The van der Waals surface area contributed by atoms with Crippen LogP contribution in [0.15, 0.2) is 28.8 Å². The van der Waals surface area contributed by atoms with Gasteiger partial charge in [-0.25, -0.2) is 0 Å². The summed E-state index contributed by atoms with van der Waals surface area (Å²) in [5, 5.41) is 18.0. The summed E-state index contributed by atoms with van der Waals surface area (Å²) in [6.07, 6.45) is 4.00. The van der Waals surface area contributed by atoms with Crippen molar-refractivity contribution in [1.82, 2.24) is 5.16 Å². The average molecular weight is 468 g/mol. The number of carbonyl (C=O) groups excluding carboxylic acids is 1. The van der Waals surface area contributed by atoms with Crippen LogP contribution in [0.2, 0.25) is 5.02 Å². The van der Waals surface area contributed by atoms with E-state index in [4.69, 9.17) is 16.1 Å². The number of nitrogens with zero attached hydrogens (tertiary/aromatic N) is 2. The van der Waals surface area contributed by atoms with E-state index in [2.05, 4.69) is 37.3 Å². The van der Waals surface area contributed by atoms with Crippen molar-refractivity contribution in [2.45, 2.75) is 53.4 Å². The topological polar surface area (TPSA) is 78.9 Å². The normalized spacial score (nSPS) is 15.8. The number of carbonyl (C=O) groups is 1. The highest BCUT2D eigenvalue weighted by Gasteiger charge is 2.34. The molecule has 1 aliphatic rings. The van der Waals surface area contributed by atoms with Crippen LogP contribution >= 0.6 is 22.9 Å². The molecule has 1 N–H and O–H groups in total. The summed E-state index contributed by atoms with van der Waals surface area (Å²) in [6.45, 7) is 8.56. The molecule has 0 unspecified atom stereocenters. The smallest absolute Gasteiger partial charge is 0.262 e. The van der Waals surface area contributed by atoms with Crippen LogP contribution < -0.4 is 5.32 Å². The third-order valence-electron chi connectivity index (χ3n) is 6.84. The van der Waals surface area contributed by atoms with Gasteiger partial charge in [0, 0.05) is 10.4 Å². The maximum atomic E-state index is 13.3. The van der Waals surface area contributed by atoms with E-state index >= 15 is 0 Å². The first kappa shape index (κ1) is 22.6. The highest BCUT2D eigenvalue weighted by atomic mass is 35.5. The standard InChI is InChI=1S/C25H26ClN3O2S/c1-5-25(3,4)15-10-11-16-18(13-27)24(32-20(16)12-15)28-23(30)21-14(2)31-29-22(21)17-8-6-7-9-19(17)26/h6-9,15H,5,10-12H2,1-4H3,(H,28,30)/t15-/m0/s1. The first-order chi connectivity index (χ1) is 15.3. The van der Waals surface area contributed by atoms with E-state index < -0.39 is 0 Å². The third-order valence-corrected chi connectivity index (χ3v) is 8.34. The number of anilines is 1. The van der Waals surface area contributed by atoms with Gasteiger partial charge in [0.2, 0.25) is 0 Å². The second-order valence-corrected chi connectivity index (χ2v) is 10.5. The number of benzene rings is 1. The van der Waals surface area contributed by atoms with Crippen LogP contribution in [0, 0.1) is 29.6 Å². The monoisotopic (exact) mass is 467 g/mol. The SMILES string of the molecule is CCC(C)(C)[C@H]1CCc2c(sc(NC(=O)c3c(-c4ccccc4Cl)noc3C)c2C#N)C1. The number of thiophene rings is 1. The molecule has 0 spiro atoms. The number of rotatable bonds is 5.